The molecule has 0 radical (unpaired) electrons. The number of ether oxygens (including phenoxy) is 3. The summed E-state index contributed by atoms with van der Waals surface area (Å²) in [7, 11) is 5.39. The molecule has 0 aliphatic carbocycles. The Balaban J connectivity index is 1.50. The van der Waals surface area contributed by atoms with Crippen molar-refractivity contribution in [3.63, 3.8) is 0 Å². The van der Waals surface area contributed by atoms with Crippen molar-refractivity contribution in [3.8, 4) is 17.0 Å². The van der Waals surface area contributed by atoms with Gasteiger partial charge in [-0.15, -0.1) is 0 Å². The maximum Gasteiger partial charge on any atom is 0.255 e. The predicted octanol–water partition coefficient (Wildman–Crippen LogP) is 2.18. The Morgan fingerprint density at radius 3 is 2.37 bits per heavy atom. The lowest BCUT2D eigenvalue weighted by Gasteiger charge is -2.45. The van der Waals surface area contributed by atoms with E-state index in [1.807, 2.05) is 49.2 Å². The molecule has 1 aromatic heterocycles. The molecule has 2 aliphatic heterocycles. The summed E-state index contributed by atoms with van der Waals surface area (Å²) in [5.41, 5.74) is 3.83. The van der Waals surface area contributed by atoms with Gasteiger partial charge in [0.2, 0.25) is 0 Å². The number of nitrogens with zero attached hydrogens (tertiary/aromatic N) is 3. The van der Waals surface area contributed by atoms with Crippen LogP contribution in [-0.4, -0.2) is 86.0 Å². The summed E-state index contributed by atoms with van der Waals surface area (Å²) in [6.45, 7) is 6.58. The highest BCUT2D eigenvalue weighted by atomic mass is 16.5. The van der Waals surface area contributed by atoms with Crippen LogP contribution >= 0.6 is 0 Å². The molecule has 0 unspecified atom stereocenters. The molecule has 1 aromatic carbocycles. The first-order chi connectivity index (χ1) is 14.5. The number of methoxy groups -OCH3 is 2. The van der Waals surface area contributed by atoms with Crippen molar-refractivity contribution in [2.75, 3.05) is 53.6 Å². The fourth-order valence-corrected chi connectivity index (χ4v) is 4.47. The van der Waals surface area contributed by atoms with E-state index in [1.165, 1.54) is 0 Å². The van der Waals surface area contributed by atoms with E-state index in [1.54, 1.807) is 14.2 Å². The normalized spacial score (nSPS) is 21.7. The van der Waals surface area contributed by atoms with Crippen LogP contribution in [0.15, 0.2) is 30.3 Å². The molecule has 30 heavy (non-hydrogen) atoms. The maximum atomic E-state index is 13.4. The van der Waals surface area contributed by atoms with Crippen LogP contribution < -0.4 is 4.74 Å². The molecule has 2 bridgehead atoms. The van der Waals surface area contributed by atoms with E-state index in [0.717, 1.165) is 54.5 Å². The van der Waals surface area contributed by atoms with Gasteiger partial charge in [-0.3, -0.25) is 9.69 Å². The number of hydrogen-bond acceptors (Lipinski definition) is 5. The molecule has 0 saturated carbocycles. The molecular weight excluding hydrogens is 382 g/mol. The van der Waals surface area contributed by atoms with Crippen LogP contribution in [0.4, 0.5) is 0 Å². The van der Waals surface area contributed by atoms with Crippen LogP contribution in [0.5, 0.6) is 5.75 Å². The van der Waals surface area contributed by atoms with E-state index in [0.29, 0.717) is 13.1 Å². The number of aromatic nitrogens is 1. The van der Waals surface area contributed by atoms with E-state index in [9.17, 15) is 4.79 Å². The Bertz CT molecular complexity index is 879. The molecule has 2 aliphatic rings. The largest absolute Gasteiger partial charge is 0.497 e. The summed E-state index contributed by atoms with van der Waals surface area (Å²) in [6, 6.07) is 9.94. The summed E-state index contributed by atoms with van der Waals surface area (Å²) < 4.78 is 18.7. The summed E-state index contributed by atoms with van der Waals surface area (Å²) in [4.78, 5) is 17.7. The summed E-state index contributed by atoms with van der Waals surface area (Å²) in [5.74, 6) is 0.909. The highest BCUT2D eigenvalue weighted by Crippen LogP contribution is 2.28. The number of hydrogen-bond donors (Lipinski definition) is 0. The smallest absolute Gasteiger partial charge is 0.255 e. The molecule has 7 heteroatoms. The maximum absolute atomic E-state index is 13.4. The van der Waals surface area contributed by atoms with Gasteiger partial charge in [0, 0.05) is 58.3 Å². The van der Waals surface area contributed by atoms with Gasteiger partial charge in [0.15, 0.2) is 0 Å². The van der Waals surface area contributed by atoms with Crippen molar-refractivity contribution in [1.82, 2.24) is 14.4 Å². The second-order valence-electron chi connectivity index (χ2n) is 8.16. The van der Waals surface area contributed by atoms with Gasteiger partial charge >= 0.3 is 0 Å². The topological polar surface area (TPSA) is 56.2 Å². The van der Waals surface area contributed by atoms with E-state index < -0.39 is 0 Å². The molecule has 162 valence electrons. The van der Waals surface area contributed by atoms with Gasteiger partial charge in [-0.2, -0.15) is 0 Å². The first-order valence-electron chi connectivity index (χ1n) is 10.5. The van der Waals surface area contributed by atoms with Crippen LogP contribution in [0.1, 0.15) is 16.1 Å². The second kappa shape index (κ2) is 8.79. The van der Waals surface area contributed by atoms with E-state index in [-0.39, 0.29) is 18.1 Å². The second-order valence-corrected chi connectivity index (χ2v) is 8.16. The van der Waals surface area contributed by atoms with Gasteiger partial charge < -0.3 is 23.7 Å². The molecule has 4 rings (SSSR count). The number of carbonyl (C=O) groups is 1. The fourth-order valence-electron chi connectivity index (χ4n) is 4.47. The Hall–Kier alpha value is -2.35. The van der Waals surface area contributed by atoms with Gasteiger partial charge in [-0.05, 0) is 42.8 Å². The highest BCUT2D eigenvalue weighted by molar-refractivity contribution is 5.97. The lowest BCUT2D eigenvalue weighted by molar-refractivity contribution is -0.131. The number of rotatable bonds is 6. The molecule has 0 N–H and O–H groups in total. The van der Waals surface area contributed by atoms with Crippen LogP contribution in [0.25, 0.3) is 11.3 Å². The minimum absolute atomic E-state index is 0.0587. The number of fused-ring (bicyclic) bond motifs is 2. The zero-order valence-corrected chi connectivity index (χ0v) is 18.3. The number of amides is 1. The third-order valence-corrected chi connectivity index (χ3v) is 6.21. The van der Waals surface area contributed by atoms with Gasteiger partial charge in [-0.1, -0.05) is 0 Å². The van der Waals surface area contributed by atoms with E-state index >= 15 is 0 Å². The van der Waals surface area contributed by atoms with Crippen molar-refractivity contribution in [2.45, 2.75) is 19.1 Å². The minimum Gasteiger partial charge on any atom is -0.497 e. The molecule has 2 saturated heterocycles. The summed E-state index contributed by atoms with van der Waals surface area (Å²) in [6.07, 6.45) is 0.117. The molecule has 3 heterocycles. The third-order valence-electron chi connectivity index (χ3n) is 6.21. The van der Waals surface area contributed by atoms with Crippen LogP contribution in [-0.2, 0) is 16.5 Å². The average molecular weight is 414 g/mol. The quantitative estimate of drug-likeness (QED) is 0.727. The lowest BCUT2D eigenvalue weighted by atomic mass is 10.1. The van der Waals surface area contributed by atoms with Gasteiger partial charge in [0.1, 0.15) is 5.75 Å². The predicted molar refractivity (Wildman–Crippen MR) is 115 cm³/mol. The zero-order valence-electron chi connectivity index (χ0n) is 18.3. The zero-order chi connectivity index (χ0) is 21.3. The third kappa shape index (κ3) is 4.10. The van der Waals surface area contributed by atoms with Crippen LogP contribution in [0, 0.1) is 6.92 Å². The van der Waals surface area contributed by atoms with Crippen molar-refractivity contribution in [1.29, 1.82) is 0 Å². The minimum atomic E-state index is 0.0587. The summed E-state index contributed by atoms with van der Waals surface area (Å²) >= 11 is 0. The fraction of sp³-hybridized carbons (Fsp3) is 0.522. The van der Waals surface area contributed by atoms with Crippen molar-refractivity contribution in [3.05, 3.63) is 41.6 Å². The summed E-state index contributed by atoms with van der Waals surface area (Å²) in [5, 5.41) is 0. The standard InChI is InChI=1S/C23H31N3O4/c1-16-21(11-22(24(16)2)17-5-7-18(29-4)8-6-17)23(27)26-14-19-12-25(9-10-28-3)13-20(15-26)30-19/h5-8,11,19-20H,9-10,12-15H2,1-4H3/t19-,20+. The van der Waals surface area contributed by atoms with E-state index in [2.05, 4.69) is 9.47 Å². The van der Waals surface area contributed by atoms with Crippen molar-refractivity contribution < 1.29 is 19.0 Å². The van der Waals surface area contributed by atoms with Crippen LogP contribution in [0.2, 0.25) is 0 Å². The van der Waals surface area contributed by atoms with E-state index in [4.69, 9.17) is 14.2 Å². The van der Waals surface area contributed by atoms with Gasteiger partial charge in [-0.25, -0.2) is 0 Å². The average Bonchev–Trinajstić information content (AvgIpc) is 3.05. The van der Waals surface area contributed by atoms with Gasteiger partial charge in [0.25, 0.3) is 5.91 Å². The monoisotopic (exact) mass is 413 g/mol. The first kappa shape index (κ1) is 20.9. The SMILES string of the molecule is COCCN1C[C@@H]2CN(C(=O)c3cc(-c4ccc(OC)cc4)n(C)c3C)C[C@H](C1)O2. The molecule has 1 amide bonds. The molecule has 2 atom stereocenters. The Kier molecular flexibility index (Phi) is 6.13. The van der Waals surface area contributed by atoms with Crippen LogP contribution in [0.3, 0.4) is 0 Å². The Morgan fingerprint density at radius 1 is 1.10 bits per heavy atom. The Morgan fingerprint density at radius 2 is 1.77 bits per heavy atom. The molecule has 2 fully saturated rings. The van der Waals surface area contributed by atoms with Crippen molar-refractivity contribution in [2.24, 2.45) is 7.05 Å². The molecule has 2 aromatic rings. The highest BCUT2D eigenvalue weighted by Gasteiger charge is 2.37. The Labute approximate surface area is 178 Å². The number of benzene rings is 1. The first-order valence-corrected chi connectivity index (χ1v) is 10.5. The lowest BCUT2D eigenvalue weighted by Crippen LogP contribution is -2.60. The van der Waals surface area contributed by atoms with Crippen molar-refractivity contribution >= 4 is 5.91 Å². The molecule has 7 nitrogen and oxygen atoms in total. The van der Waals surface area contributed by atoms with Gasteiger partial charge in [0.05, 0.1) is 31.5 Å². The molecular formula is C23H31N3O4. The molecule has 0 spiro atoms. The number of carbonyl (C=O) groups excluding carboxylic acids is 1. The number of morpholine rings is 2.